The predicted molar refractivity (Wildman–Crippen MR) is 152 cm³/mol. The molecule has 0 saturated carbocycles. The van der Waals surface area contributed by atoms with Gasteiger partial charge >= 0.3 is 12.2 Å². The average Bonchev–Trinajstić information content (AvgIpc) is 3.44. The normalized spacial score (nSPS) is 16.6. The number of amides is 2. The van der Waals surface area contributed by atoms with Gasteiger partial charge in [0.2, 0.25) is 0 Å². The third-order valence-corrected chi connectivity index (χ3v) is 7.16. The summed E-state index contributed by atoms with van der Waals surface area (Å²) in [5.41, 5.74) is 3.47. The van der Waals surface area contributed by atoms with Gasteiger partial charge in [-0.3, -0.25) is 4.79 Å². The summed E-state index contributed by atoms with van der Waals surface area (Å²) in [6.07, 6.45) is 5.13. The van der Waals surface area contributed by atoms with Crippen LogP contribution in [0.3, 0.4) is 0 Å². The molecule has 1 fully saturated rings. The number of benzene rings is 2. The fourth-order valence-corrected chi connectivity index (χ4v) is 5.14. The van der Waals surface area contributed by atoms with Gasteiger partial charge in [0.05, 0.1) is 12.1 Å². The molecule has 3 heterocycles. The summed E-state index contributed by atoms with van der Waals surface area (Å²) in [5, 5.41) is 3.84. The van der Waals surface area contributed by atoms with Crippen molar-refractivity contribution in [1.82, 2.24) is 9.47 Å². The Labute approximate surface area is 233 Å². The van der Waals surface area contributed by atoms with Crippen molar-refractivity contribution in [3.63, 3.8) is 0 Å². The Kier molecular flexibility index (Phi) is 7.82. The molecule has 1 N–H and O–H groups in total. The number of para-hydroxylation sites is 2. The van der Waals surface area contributed by atoms with E-state index in [1.807, 2.05) is 86.1 Å². The number of hydrogen-bond acceptors (Lipinski definition) is 6. The number of nitrogens with zero attached hydrogens (tertiary/aromatic N) is 2. The lowest BCUT2D eigenvalue weighted by Crippen LogP contribution is -2.41. The molecule has 2 amide bonds. The summed E-state index contributed by atoms with van der Waals surface area (Å²) in [4.78, 5) is 38.9. The Hall–Kier alpha value is -4.27. The monoisotopic (exact) mass is 545 g/mol. The van der Waals surface area contributed by atoms with E-state index in [4.69, 9.17) is 14.2 Å². The van der Waals surface area contributed by atoms with E-state index in [1.54, 1.807) is 4.90 Å². The van der Waals surface area contributed by atoms with Crippen LogP contribution >= 0.6 is 0 Å². The van der Waals surface area contributed by atoms with Crippen molar-refractivity contribution in [1.29, 1.82) is 0 Å². The van der Waals surface area contributed by atoms with E-state index in [1.165, 1.54) is 0 Å². The van der Waals surface area contributed by atoms with E-state index < -0.39 is 11.8 Å². The lowest BCUT2D eigenvalue weighted by molar-refractivity contribution is -0.110. The van der Waals surface area contributed by atoms with E-state index in [2.05, 4.69) is 5.32 Å². The van der Waals surface area contributed by atoms with E-state index in [0.29, 0.717) is 31.0 Å². The van der Waals surface area contributed by atoms with Gasteiger partial charge in [-0.2, -0.15) is 0 Å². The van der Waals surface area contributed by atoms with Crippen LogP contribution in [0.4, 0.5) is 15.3 Å². The predicted octanol–water partition coefficient (Wildman–Crippen LogP) is 6.28. The van der Waals surface area contributed by atoms with Crippen molar-refractivity contribution in [3.8, 4) is 0 Å². The molecule has 5 rings (SSSR count). The van der Waals surface area contributed by atoms with Gasteiger partial charge < -0.3 is 29.0 Å². The lowest BCUT2D eigenvalue weighted by atomic mass is 9.94. The van der Waals surface area contributed by atoms with Crippen LogP contribution < -0.4 is 5.32 Å². The number of fused-ring (bicyclic) bond motifs is 2. The molecule has 9 nitrogen and oxygen atoms in total. The first-order chi connectivity index (χ1) is 19.2. The SMILES string of the molecule is CC(C)(C)OC(=O)N1CCC(CCOC(=O)OCn2cc(/C=C3\C(=O)Nc4ccccc43)c3ccccc32)CC1. The fourth-order valence-electron chi connectivity index (χ4n) is 5.14. The smallest absolute Gasteiger partial charge is 0.444 e. The van der Waals surface area contributed by atoms with Crippen LogP contribution in [0.5, 0.6) is 0 Å². The number of piperidine rings is 1. The average molecular weight is 546 g/mol. The van der Waals surface area contributed by atoms with E-state index in [-0.39, 0.29) is 25.3 Å². The maximum absolute atomic E-state index is 12.6. The Morgan fingerprint density at radius 1 is 1.02 bits per heavy atom. The molecular weight excluding hydrogens is 510 g/mol. The molecule has 0 unspecified atom stereocenters. The van der Waals surface area contributed by atoms with Gasteiger partial charge in [-0.1, -0.05) is 36.4 Å². The number of aromatic nitrogens is 1. The Balaban J connectivity index is 1.13. The van der Waals surface area contributed by atoms with Crippen LogP contribution in [-0.2, 0) is 25.7 Å². The van der Waals surface area contributed by atoms with Crippen molar-refractivity contribution in [3.05, 3.63) is 65.9 Å². The number of anilines is 1. The maximum atomic E-state index is 12.6. The standard InChI is InChI=1S/C31H35N3O6/c1-31(2,3)40-29(36)33-15-12-21(13-16-33)14-17-38-30(37)39-20-34-19-22(23-8-5-7-11-27(23)34)18-25-24-9-4-6-10-26(24)32-28(25)35/h4-11,18-19,21H,12-17,20H2,1-3H3,(H,32,35)/b25-18-. The van der Waals surface area contributed by atoms with E-state index >= 15 is 0 Å². The lowest BCUT2D eigenvalue weighted by Gasteiger charge is -2.33. The third kappa shape index (κ3) is 6.30. The van der Waals surface area contributed by atoms with Gasteiger partial charge in [0, 0.05) is 47.1 Å². The largest absolute Gasteiger partial charge is 0.510 e. The number of ether oxygens (including phenoxy) is 3. The Bertz CT molecular complexity index is 1440. The van der Waals surface area contributed by atoms with Crippen molar-refractivity contribution in [2.75, 3.05) is 25.0 Å². The zero-order valence-corrected chi connectivity index (χ0v) is 23.1. The molecule has 9 heteroatoms. The molecule has 0 atom stereocenters. The molecule has 2 aromatic carbocycles. The summed E-state index contributed by atoms with van der Waals surface area (Å²) in [5.74, 6) is 0.224. The highest BCUT2D eigenvalue weighted by molar-refractivity contribution is 6.35. The van der Waals surface area contributed by atoms with Crippen LogP contribution in [0.1, 0.15) is 51.2 Å². The minimum absolute atomic E-state index is 0.0143. The highest BCUT2D eigenvalue weighted by atomic mass is 16.7. The van der Waals surface area contributed by atoms with Crippen LogP contribution in [-0.4, -0.2) is 52.9 Å². The number of nitrogens with one attached hydrogen (secondary N) is 1. The number of hydrogen-bond donors (Lipinski definition) is 1. The zero-order valence-electron chi connectivity index (χ0n) is 23.1. The minimum atomic E-state index is -0.729. The Morgan fingerprint density at radius 3 is 2.52 bits per heavy atom. The highest BCUT2D eigenvalue weighted by Gasteiger charge is 2.27. The number of carbonyl (C=O) groups is 3. The molecule has 0 bridgehead atoms. The van der Waals surface area contributed by atoms with E-state index in [9.17, 15) is 14.4 Å². The summed E-state index contributed by atoms with van der Waals surface area (Å²) < 4.78 is 18.0. The van der Waals surface area contributed by atoms with Gasteiger partial charge in [0.1, 0.15) is 5.60 Å². The molecule has 0 spiro atoms. The van der Waals surface area contributed by atoms with Crippen molar-refractivity contribution >= 4 is 46.4 Å². The van der Waals surface area contributed by atoms with Crippen molar-refractivity contribution in [2.24, 2.45) is 5.92 Å². The highest BCUT2D eigenvalue weighted by Crippen LogP contribution is 2.34. The fraction of sp³-hybridized carbons (Fsp3) is 0.387. The second-order valence-corrected chi connectivity index (χ2v) is 11.2. The van der Waals surface area contributed by atoms with Crippen LogP contribution in [0.2, 0.25) is 0 Å². The topological polar surface area (TPSA) is 99.1 Å². The van der Waals surface area contributed by atoms with E-state index in [0.717, 1.165) is 40.6 Å². The molecule has 210 valence electrons. The minimum Gasteiger partial charge on any atom is -0.444 e. The molecular formula is C31H35N3O6. The Morgan fingerprint density at radius 2 is 1.75 bits per heavy atom. The van der Waals surface area contributed by atoms with Crippen LogP contribution in [0.25, 0.3) is 22.6 Å². The van der Waals surface area contributed by atoms with Crippen molar-refractivity contribution in [2.45, 2.75) is 52.4 Å². The maximum Gasteiger partial charge on any atom is 0.510 e. The molecule has 1 saturated heterocycles. The van der Waals surface area contributed by atoms with Gasteiger partial charge in [-0.05, 0) is 64.2 Å². The second-order valence-electron chi connectivity index (χ2n) is 11.2. The van der Waals surface area contributed by atoms with Crippen LogP contribution in [0.15, 0.2) is 54.7 Å². The summed E-state index contributed by atoms with van der Waals surface area (Å²) in [6, 6.07) is 15.4. The molecule has 1 aromatic heterocycles. The van der Waals surface area contributed by atoms with Gasteiger partial charge in [-0.25, -0.2) is 9.59 Å². The molecule has 3 aromatic rings. The first-order valence-corrected chi connectivity index (χ1v) is 13.7. The molecule has 0 aliphatic carbocycles. The van der Waals surface area contributed by atoms with Gasteiger partial charge in [0.25, 0.3) is 5.91 Å². The molecule has 40 heavy (non-hydrogen) atoms. The van der Waals surface area contributed by atoms with Gasteiger partial charge in [0.15, 0.2) is 6.73 Å². The number of carbonyl (C=O) groups excluding carboxylic acids is 3. The first kappa shape index (κ1) is 27.3. The summed E-state index contributed by atoms with van der Waals surface area (Å²) in [7, 11) is 0. The zero-order chi connectivity index (χ0) is 28.3. The molecule has 2 aliphatic rings. The van der Waals surface area contributed by atoms with Crippen LogP contribution in [0, 0.1) is 5.92 Å². The second kappa shape index (κ2) is 11.5. The summed E-state index contributed by atoms with van der Waals surface area (Å²) in [6.45, 7) is 7.09. The molecule has 0 radical (unpaired) electrons. The molecule has 2 aliphatic heterocycles. The number of likely N-dealkylation sites (tertiary alicyclic amines) is 1. The van der Waals surface area contributed by atoms with Gasteiger partial charge in [-0.15, -0.1) is 0 Å². The summed E-state index contributed by atoms with van der Waals surface area (Å²) >= 11 is 0. The quantitative estimate of drug-likeness (QED) is 0.289. The first-order valence-electron chi connectivity index (χ1n) is 13.7. The number of rotatable bonds is 6. The van der Waals surface area contributed by atoms with Crippen molar-refractivity contribution < 1.29 is 28.6 Å². The third-order valence-electron chi connectivity index (χ3n) is 7.16.